The van der Waals surface area contributed by atoms with Gasteiger partial charge in [-0.1, -0.05) is 49.1 Å². The quantitative estimate of drug-likeness (QED) is 0.514. The van der Waals surface area contributed by atoms with Crippen molar-refractivity contribution in [2.24, 2.45) is 0 Å². The summed E-state index contributed by atoms with van der Waals surface area (Å²) < 4.78 is 1.32. The Bertz CT molecular complexity index is 124. The second-order valence-electron chi connectivity index (χ2n) is 4.94. The average molecular weight is 265 g/mol. The molecule has 4 heteroatoms. The zero-order chi connectivity index (χ0) is 13.6. The molecule has 0 bridgehead atoms. The van der Waals surface area contributed by atoms with Crippen LogP contribution in [0.4, 0.5) is 0 Å². The third kappa shape index (κ3) is 14.2. The van der Waals surface area contributed by atoms with Crippen LogP contribution < -0.4 is 4.89 Å². The molecule has 1 unspecified atom stereocenters. The Hall–Kier alpha value is 0.310. The van der Waals surface area contributed by atoms with Gasteiger partial charge in [0, 0.05) is 0 Å². The van der Waals surface area contributed by atoms with Gasteiger partial charge in [-0.3, -0.25) is 0 Å². The van der Waals surface area contributed by atoms with Gasteiger partial charge in [0.25, 0.3) is 0 Å². The van der Waals surface area contributed by atoms with Crippen LogP contribution in [0, 0.1) is 0 Å². The summed E-state index contributed by atoms with van der Waals surface area (Å²) in [5.74, 6) is 0. The van der Waals surface area contributed by atoms with Crippen LogP contribution in [0.5, 0.6) is 0 Å². The fourth-order valence-corrected chi connectivity index (χ4v) is 1.95. The molecule has 0 aliphatic rings. The Labute approximate surface area is 110 Å². The highest BCUT2D eigenvalue weighted by atomic mass is 31.1. The molecule has 0 saturated heterocycles. The van der Waals surface area contributed by atoms with Gasteiger partial charge in [-0.2, -0.15) is 0 Å². The van der Waals surface area contributed by atoms with E-state index >= 15 is 0 Å². The van der Waals surface area contributed by atoms with Crippen molar-refractivity contribution in [1.82, 2.24) is 0 Å². The number of rotatable bonds is 9. The predicted octanol–water partition coefficient (Wildman–Crippen LogP) is 2.68. The second kappa shape index (κ2) is 14.4. The lowest BCUT2D eigenvalue weighted by Gasteiger charge is -2.34. The molecule has 0 rings (SSSR count). The second-order valence-corrected chi connectivity index (χ2v) is 5.12. The molecule has 0 aromatic carbocycles. The molecule has 0 spiro atoms. The first-order chi connectivity index (χ1) is 8.10. The molecule has 0 aromatic heterocycles. The molecule has 106 valence electrons. The van der Waals surface area contributed by atoms with E-state index in [1.54, 1.807) is 0 Å². The number of quaternary nitrogens is 1. The maximum absolute atomic E-state index is 8.51. The largest absolute Gasteiger partial charge is 0.811 e. The van der Waals surface area contributed by atoms with Crippen LogP contribution in [0.25, 0.3) is 0 Å². The van der Waals surface area contributed by atoms with Crippen LogP contribution in [-0.2, 0) is 0 Å². The highest BCUT2D eigenvalue weighted by Gasteiger charge is 2.18. The van der Waals surface area contributed by atoms with Gasteiger partial charge in [-0.25, -0.2) is 0 Å². The zero-order valence-corrected chi connectivity index (χ0v) is 13.2. The molecular weight excluding hydrogens is 233 g/mol. The maximum atomic E-state index is 8.51. The van der Waals surface area contributed by atoms with E-state index in [0.717, 1.165) is 0 Å². The molecular formula is C13H32NO2P. The summed E-state index contributed by atoms with van der Waals surface area (Å²) in [4.78, 5) is 15.6. The summed E-state index contributed by atoms with van der Waals surface area (Å²) in [6.45, 7) is 11.0. The van der Waals surface area contributed by atoms with E-state index in [1.165, 1.54) is 62.6 Å². The molecule has 0 heterocycles. The van der Waals surface area contributed by atoms with E-state index < -0.39 is 9.03 Å². The first-order valence-corrected chi connectivity index (χ1v) is 7.80. The van der Waals surface area contributed by atoms with Gasteiger partial charge >= 0.3 is 0 Å². The highest BCUT2D eigenvalue weighted by Crippen LogP contribution is 2.10. The Balaban J connectivity index is 0. The molecule has 1 atom stereocenters. The van der Waals surface area contributed by atoms with Crippen LogP contribution in [-0.4, -0.2) is 36.1 Å². The third-order valence-electron chi connectivity index (χ3n) is 3.15. The van der Waals surface area contributed by atoms with Gasteiger partial charge in [0.2, 0.25) is 0 Å². The van der Waals surface area contributed by atoms with Crippen molar-refractivity contribution in [3.05, 3.63) is 0 Å². The Morgan fingerprint density at radius 1 is 0.882 bits per heavy atom. The molecule has 3 nitrogen and oxygen atoms in total. The van der Waals surface area contributed by atoms with Crippen LogP contribution >= 0.6 is 9.03 Å². The van der Waals surface area contributed by atoms with E-state index in [4.69, 9.17) is 9.79 Å². The number of hydrogen-bond acceptors (Lipinski definition) is 2. The predicted molar refractivity (Wildman–Crippen MR) is 76.0 cm³/mol. The van der Waals surface area contributed by atoms with Crippen LogP contribution in [0.1, 0.15) is 59.3 Å². The molecule has 0 fully saturated rings. The summed E-state index contributed by atoms with van der Waals surface area (Å²) in [5, 5.41) is 0. The Morgan fingerprint density at radius 2 is 1.12 bits per heavy atom. The Morgan fingerprint density at radius 3 is 1.29 bits per heavy atom. The molecule has 1 N–H and O–H groups in total. The average Bonchev–Trinajstić information content (AvgIpc) is 2.33. The highest BCUT2D eigenvalue weighted by molar-refractivity contribution is 7.22. The number of unbranched alkanes of at least 4 members (excludes halogenated alkanes) is 3. The van der Waals surface area contributed by atoms with Crippen molar-refractivity contribution in [2.75, 3.05) is 26.7 Å². The minimum absolute atomic E-state index is 1.17. The summed E-state index contributed by atoms with van der Waals surface area (Å²) in [7, 11) is 1.28. The van der Waals surface area contributed by atoms with Crippen molar-refractivity contribution in [3.8, 4) is 0 Å². The van der Waals surface area contributed by atoms with E-state index in [0.29, 0.717) is 0 Å². The van der Waals surface area contributed by atoms with E-state index in [1.807, 2.05) is 0 Å². The fourth-order valence-electron chi connectivity index (χ4n) is 1.95. The van der Waals surface area contributed by atoms with Crippen molar-refractivity contribution in [2.45, 2.75) is 59.3 Å². The van der Waals surface area contributed by atoms with Crippen molar-refractivity contribution >= 4 is 9.03 Å². The first-order valence-electron chi connectivity index (χ1n) is 6.94. The van der Waals surface area contributed by atoms with Crippen molar-refractivity contribution in [3.63, 3.8) is 0 Å². The Kier molecular flexibility index (Phi) is 16.6. The smallest absolute Gasteiger partial charge is 0.0784 e. The molecule has 17 heavy (non-hydrogen) atoms. The van der Waals surface area contributed by atoms with Crippen LogP contribution in [0.3, 0.4) is 0 Å². The van der Waals surface area contributed by atoms with E-state index in [2.05, 4.69) is 27.8 Å². The molecule has 0 radical (unpaired) electrons. The molecule has 0 aromatic rings. The normalized spacial score (nSPS) is 11.6. The minimum atomic E-state index is -1.17. The molecule has 0 amide bonds. The molecule has 0 aliphatic carbocycles. The lowest BCUT2D eigenvalue weighted by atomic mass is 10.2. The number of hydrogen-bond donors (Lipinski definition) is 1. The summed E-state index contributed by atoms with van der Waals surface area (Å²) in [5.41, 5.74) is 0. The monoisotopic (exact) mass is 265 g/mol. The first kappa shape index (κ1) is 19.6. The van der Waals surface area contributed by atoms with Crippen molar-refractivity contribution in [1.29, 1.82) is 0 Å². The van der Waals surface area contributed by atoms with Gasteiger partial charge in [-0.05, 0) is 19.3 Å². The van der Waals surface area contributed by atoms with Gasteiger partial charge in [-0.15, -0.1) is 0 Å². The van der Waals surface area contributed by atoms with Crippen LogP contribution in [0.15, 0.2) is 0 Å². The molecule has 0 aliphatic heterocycles. The summed E-state index contributed by atoms with van der Waals surface area (Å²) in [6, 6.07) is 0. The summed E-state index contributed by atoms with van der Waals surface area (Å²) >= 11 is 0. The van der Waals surface area contributed by atoms with Crippen molar-refractivity contribution < 1.29 is 14.3 Å². The molecule has 0 saturated carbocycles. The standard InChI is InChI=1S/C13H30N.H2O2P/c1-5-8-11-14(4,12-9-6-2)13-10-7-3;1-3-2/h5-13H2,1-4H3;1,3H/q+1;-1. The summed E-state index contributed by atoms with van der Waals surface area (Å²) in [6.07, 6.45) is 8.20. The third-order valence-corrected chi connectivity index (χ3v) is 3.15. The van der Waals surface area contributed by atoms with Crippen LogP contribution in [0.2, 0.25) is 0 Å². The fraction of sp³-hybridized carbons (Fsp3) is 1.00. The minimum Gasteiger partial charge on any atom is -0.811 e. The maximum Gasteiger partial charge on any atom is 0.0784 e. The number of nitrogens with zero attached hydrogens (tertiary/aromatic N) is 1. The lowest BCUT2D eigenvalue weighted by Crippen LogP contribution is -2.46. The van der Waals surface area contributed by atoms with E-state index in [9.17, 15) is 0 Å². The SMILES string of the molecule is CCCC[N+](C)(CCCC)CCCC.[O-]PO. The van der Waals surface area contributed by atoms with Gasteiger partial charge in [0.05, 0.1) is 26.7 Å². The van der Waals surface area contributed by atoms with Gasteiger partial charge in [0.1, 0.15) is 0 Å². The lowest BCUT2D eigenvalue weighted by molar-refractivity contribution is -0.910. The van der Waals surface area contributed by atoms with Gasteiger partial charge < -0.3 is 14.3 Å². The zero-order valence-electron chi connectivity index (χ0n) is 12.2. The topological polar surface area (TPSA) is 43.3 Å². The van der Waals surface area contributed by atoms with Gasteiger partial charge in [0.15, 0.2) is 0 Å². The van der Waals surface area contributed by atoms with E-state index in [-0.39, 0.29) is 0 Å².